The molecule has 0 spiro atoms. The summed E-state index contributed by atoms with van der Waals surface area (Å²) in [6, 6.07) is 11.9. The van der Waals surface area contributed by atoms with Gasteiger partial charge in [0.05, 0.1) is 17.8 Å². The molecule has 142 valence electrons. The monoisotopic (exact) mass is 365 g/mol. The molecule has 1 saturated heterocycles. The number of carbonyl (C=O) groups excluding carboxylic acids is 1. The second-order valence-electron chi connectivity index (χ2n) is 7.55. The zero-order valence-electron chi connectivity index (χ0n) is 15.6. The molecular formula is C22H27N3O2. The molecule has 1 saturated carbocycles. The van der Waals surface area contributed by atoms with E-state index in [1.807, 2.05) is 36.4 Å². The molecule has 2 fully saturated rings. The highest BCUT2D eigenvalue weighted by molar-refractivity contribution is 5.94. The number of ether oxygens (including phenoxy) is 1. The van der Waals surface area contributed by atoms with Crippen molar-refractivity contribution in [3.05, 3.63) is 48.8 Å². The standard InChI is InChI=1S/C22H27N3O2/c26-22(17-7-6-14-25(16-17)18-8-1-2-9-18)24-20-11-3-4-12-21(20)27-19-10-5-13-23-15-19/h3-5,10-13,15,17-18H,1-2,6-9,14,16H2,(H,24,26)/t17-/m0/s1. The number of piperidine rings is 1. The Morgan fingerprint density at radius 3 is 2.74 bits per heavy atom. The van der Waals surface area contributed by atoms with Gasteiger partial charge in [-0.1, -0.05) is 25.0 Å². The highest BCUT2D eigenvalue weighted by Crippen LogP contribution is 2.31. The summed E-state index contributed by atoms with van der Waals surface area (Å²) in [5.74, 6) is 1.44. The van der Waals surface area contributed by atoms with Crippen LogP contribution in [0.4, 0.5) is 5.69 Å². The molecule has 2 aromatic rings. The summed E-state index contributed by atoms with van der Waals surface area (Å²) in [5.41, 5.74) is 0.712. The summed E-state index contributed by atoms with van der Waals surface area (Å²) in [5, 5.41) is 3.10. The number of aromatic nitrogens is 1. The molecule has 0 bridgehead atoms. The lowest BCUT2D eigenvalue weighted by molar-refractivity contribution is -0.121. The number of carbonyl (C=O) groups is 1. The summed E-state index contributed by atoms with van der Waals surface area (Å²) in [4.78, 5) is 19.5. The first-order valence-electron chi connectivity index (χ1n) is 10.0. The van der Waals surface area contributed by atoms with E-state index < -0.39 is 0 Å². The molecule has 5 nitrogen and oxygen atoms in total. The van der Waals surface area contributed by atoms with Crippen molar-refractivity contribution in [3.63, 3.8) is 0 Å². The minimum Gasteiger partial charge on any atom is -0.454 e. The highest BCUT2D eigenvalue weighted by Gasteiger charge is 2.31. The molecule has 27 heavy (non-hydrogen) atoms. The van der Waals surface area contributed by atoms with Gasteiger partial charge in [0.1, 0.15) is 5.75 Å². The Bertz CT molecular complexity index is 759. The minimum atomic E-state index is 0.0470. The van der Waals surface area contributed by atoms with Crippen molar-refractivity contribution in [2.75, 3.05) is 18.4 Å². The molecule has 1 aliphatic heterocycles. The van der Waals surface area contributed by atoms with E-state index in [0.717, 1.165) is 25.9 Å². The largest absolute Gasteiger partial charge is 0.454 e. The number of para-hydroxylation sites is 2. The van der Waals surface area contributed by atoms with E-state index in [2.05, 4.69) is 15.2 Å². The van der Waals surface area contributed by atoms with Crippen molar-refractivity contribution < 1.29 is 9.53 Å². The van der Waals surface area contributed by atoms with E-state index in [1.165, 1.54) is 25.7 Å². The van der Waals surface area contributed by atoms with E-state index in [9.17, 15) is 4.79 Å². The van der Waals surface area contributed by atoms with Crippen molar-refractivity contribution in [1.29, 1.82) is 0 Å². The van der Waals surface area contributed by atoms with Crippen molar-refractivity contribution in [2.45, 2.75) is 44.6 Å². The topological polar surface area (TPSA) is 54.5 Å². The van der Waals surface area contributed by atoms with Gasteiger partial charge >= 0.3 is 0 Å². The third-order valence-electron chi connectivity index (χ3n) is 5.67. The lowest BCUT2D eigenvalue weighted by Crippen LogP contribution is -2.44. The summed E-state index contributed by atoms with van der Waals surface area (Å²) < 4.78 is 5.91. The van der Waals surface area contributed by atoms with Crippen molar-refractivity contribution in [1.82, 2.24) is 9.88 Å². The zero-order valence-corrected chi connectivity index (χ0v) is 15.6. The molecule has 0 unspecified atom stereocenters. The summed E-state index contributed by atoms with van der Waals surface area (Å²) in [7, 11) is 0. The minimum absolute atomic E-state index is 0.0470. The molecule has 2 heterocycles. The van der Waals surface area contributed by atoms with Crippen LogP contribution in [0.5, 0.6) is 11.5 Å². The van der Waals surface area contributed by atoms with Crippen LogP contribution in [0, 0.1) is 5.92 Å². The van der Waals surface area contributed by atoms with Gasteiger partial charge in [-0.05, 0) is 56.5 Å². The van der Waals surface area contributed by atoms with E-state index >= 15 is 0 Å². The Labute approximate surface area is 160 Å². The lowest BCUT2D eigenvalue weighted by atomic mass is 9.95. The fourth-order valence-electron chi connectivity index (χ4n) is 4.25. The molecule has 1 amide bonds. The second-order valence-corrected chi connectivity index (χ2v) is 7.55. The lowest BCUT2D eigenvalue weighted by Gasteiger charge is -2.36. The Morgan fingerprint density at radius 2 is 1.93 bits per heavy atom. The molecule has 1 aliphatic carbocycles. The van der Waals surface area contributed by atoms with Gasteiger partial charge in [0, 0.05) is 18.8 Å². The first-order chi connectivity index (χ1) is 13.3. The van der Waals surface area contributed by atoms with Crippen LogP contribution in [-0.4, -0.2) is 34.9 Å². The van der Waals surface area contributed by atoms with Gasteiger partial charge in [-0.25, -0.2) is 0 Å². The number of anilines is 1. The molecule has 1 N–H and O–H groups in total. The zero-order chi connectivity index (χ0) is 18.5. The van der Waals surface area contributed by atoms with E-state index in [0.29, 0.717) is 23.2 Å². The van der Waals surface area contributed by atoms with Crippen LogP contribution in [-0.2, 0) is 4.79 Å². The van der Waals surface area contributed by atoms with Gasteiger partial charge in [-0.15, -0.1) is 0 Å². The number of benzene rings is 1. The van der Waals surface area contributed by atoms with E-state index in [1.54, 1.807) is 12.4 Å². The van der Waals surface area contributed by atoms with Crippen molar-refractivity contribution in [2.24, 2.45) is 5.92 Å². The number of hydrogen-bond donors (Lipinski definition) is 1. The van der Waals surface area contributed by atoms with Crippen LogP contribution in [0.25, 0.3) is 0 Å². The summed E-state index contributed by atoms with van der Waals surface area (Å²) >= 11 is 0. The third kappa shape index (κ3) is 4.48. The SMILES string of the molecule is O=C(Nc1ccccc1Oc1cccnc1)[C@H]1CCCN(C2CCCC2)C1. The number of likely N-dealkylation sites (tertiary alicyclic amines) is 1. The van der Waals surface area contributed by atoms with Gasteiger partial charge in [-0.2, -0.15) is 0 Å². The number of nitrogens with one attached hydrogen (secondary N) is 1. The van der Waals surface area contributed by atoms with Gasteiger partial charge < -0.3 is 10.1 Å². The number of rotatable bonds is 5. The number of amides is 1. The van der Waals surface area contributed by atoms with Gasteiger partial charge in [-0.3, -0.25) is 14.7 Å². The molecule has 4 rings (SSSR count). The van der Waals surface area contributed by atoms with Crippen LogP contribution in [0.3, 0.4) is 0 Å². The smallest absolute Gasteiger partial charge is 0.228 e. The maximum absolute atomic E-state index is 12.9. The van der Waals surface area contributed by atoms with Crippen LogP contribution in [0.15, 0.2) is 48.8 Å². The average Bonchev–Trinajstić information content (AvgIpc) is 3.25. The highest BCUT2D eigenvalue weighted by atomic mass is 16.5. The van der Waals surface area contributed by atoms with Crippen LogP contribution in [0.1, 0.15) is 38.5 Å². The normalized spacial score (nSPS) is 21.1. The van der Waals surface area contributed by atoms with Crippen LogP contribution >= 0.6 is 0 Å². The predicted molar refractivity (Wildman–Crippen MR) is 106 cm³/mol. The maximum atomic E-state index is 12.9. The first kappa shape index (κ1) is 18.0. The molecule has 5 heteroatoms. The average molecular weight is 365 g/mol. The fourth-order valence-corrected chi connectivity index (χ4v) is 4.25. The summed E-state index contributed by atoms with van der Waals surface area (Å²) in [6.07, 6.45) is 10.7. The Morgan fingerprint density at radius 1 is 1.07 bits per heavy atom. The molecule has 0 radical (unpaired) electrons. The number of hydrogen-bond acceptors (Lipinski definition) is 4. The van der Waals surface area contributed by atoms with E-state index in [4.69, 9.17) is 4.74 Å². The molecule has 1 aromatic heterocycles. The molecule has 1 aromatic carbocycles. The third-order valence-corrected chi connectivity index (χ3v) is 5.67. The predicted octanol–water partition coefficient (Wildman–Crippen LogP) is 4.47. The first-order valence-corrected chi connectivity index (χ1v) is 10.0. The van der Waals surface area contributed by atoms with Gasteiger partial charge in [0.25, 0.3) is 0 Å². The summed E-state index contributed by atoms with van der Waals surface area (Å²) in [6.45, 7) is 2.01. The van der Waals surface area contributed by atoms with Crippen LogP contribution < -0.4 is 10.1 Å². The fraction of sp³-hybridized carbons (Fsp3) is 0.455. The quantitative estimate of drug-likeness (QED) is 0.849. The second kappa shape index (κ2) is 8.53. The Hall–Kier alpha value is -2.40. The Kier molecular flexibility index (Phi) is 5.68. The van der Waals surface area contributed by atoms with E-state index in [-0.39, 0.29) is 11.8 Å². The van der Waals surface area contributed by atoms with Gasteiger partial charge in [0.15, 0.2) is 5.75 Å². The molecule has 1 atom stereocenters. The van der Waals surface area contributed by atoms with Crippen molar-refractivity contribution >= 4 is 11.6 Å². The number of pyridine rings is 1. The number of nitrogens with zero attached hydrogens (tertiary/aromatic N) is 2. The molecule has 2 aliphatic rings. The Balaban J connectivity index is 1.42. The van der Waals surface area contributed by atoms with Gasteiger partial charge in [0.2, 0.25) is 5.91 Å². The van der Waals surface area contributed by atoms with Crippen LogP contribution in [0.2, 0.25) is 0 Å². The molecular weight excluding hydrogens is 338 g/mol. The van der Waals surface area contributed by atoms with Crippen molar-refractivity contribution in [3.8, 4) is 11.5 Å². The maximum Gasteiger partial charge on any atom is 0.228 e.